The van der Waals surface area contributed by atoms with Gasteiger partial charge in [-0.1, -0.05) is 6.92 Å². The van der Waals surface area contributed by atoms with E-state index in [1.165, 1.54) is 0 Å². The van der Waals surface area contributed by atoms with E-state index in [0.29, 0.717) is 18.3 Å². The molecule has 2 amide bonds. The third-order valence-electron chi connectivity index (χ3n) is 5.41. The van der Waals surface area contributed by atoms with Crippen LogP contribution in [0.15, 0.2) is 12.3 Å². The van der Waals surface area contributed by atoms with Gasteiger partial charge >= 0.3 is 11.8 Å². The Morgan fingerprint density at radius 3 is 2.89 bits per heavy atom. The smallest absolute Gasteiger partial charge is 0.314 e. The lowest BCUT2D eigenvalue weighted by molar-refractivity contribution is -0.136. The Bertz CT molecular complexity index is 898. The lowest BCUT2D eigenvalue weighted by atomic mass is 9.94. The molecule has 9 nitrogen and oxygen atoms in total. The maximum Gasteiger partial charge on any atom is 0.314 e. The van der Waals surface area contributed by atoms with Crippen molar-refractivity contribution in [1.82, 2.24) is 25.4 Å². The number of carbonyl (C=O) groups is 2. The van der Waals surface area contributed by atoms with Crippen LogP contribution in [0.25, 0.3) is 11.3 Å². The van der Waals surface area contributed by atoms with E-state index in [9.17, 15) is 9.59 Å². The van der Waals surface area contributed by atoms with Crippen LogP contribution < -0.4 is 21.3 Å². The summed E-state index contributed by atoms with van der Waals surface area (Å²) in [5.41, 5.74) is 2.92. The van der Waals surface area contributed by atoms with Crippen molar-refractivity contribution in [3.63, 3.8) is 0 Å². The summed E-state index contributed by atoms with van der Waals surface area (Å²) in [6.07, 6.45) is 2.96. The third kappa shape index (κ3) is 3.26. The molecule has 5 N–H and O–H groups in total. The van der Waals surface area contributed by atoms with Crippen LogP contribution in [0.1, 0.15) is 38.8 Å². The maximum atomic E-state index is 12.4. The van der Waals surface area contributed by atoms with Gasteiger partial charge in [-0.2, -0.15) is 5.10 Å². The molecule has 2 aliphatic heterocycles. The van der Waals surface area contributed by atoms with Crippen LogP contribution in [0.5, 0.6) is 0 Å². The lowest BCUT2D eigenvalue weighted by Gasteiger charge is -2.31. The fraction of sp³-hybridized carbons (Fsp3) is 0.526. The van der Waals surface area contributed by atoms with E-state index in [2.05, 4.69) is 33.2 Å². The Labute approximate surface area is 163 Å². The van der Waals surface area contributed by atoms with E-state index in [1.807, 2.05) is 30.8 Å². The zero-order valence-corrected chi connectivity index (χ0v) is 16.4. The minimum atomic E-state index is -0.698. The normalized spacial score (nSPS) is 20.9. The summed E-state index contributed by atoms with van der Waals surface area (Å²) in [6, 6.07) is 2.08. The molecule has 9 heteroatoms. The number of fused-ring (bicyclic) bond motifs is 3. The number of hydrogen-bond donors (Lipinski definition) is 5. The molecule has 0 spiro atoms. The highest BCUT2D eigenvalue weighted by atomic mass is 16.2. The van der Waals surface area contributed by atoms with Crippen molar-refractivity contribution in [3.05, 3.63) is 17.8 Å². The summed E-state index contributed by atoms with van der Waals surface area (Å²) in [7, 11) is 0. The maximum absolute atomic E-state index is 12.4. The second-order valence-corrected chi connectivity index (χ2v) is 7.86. The van der Waals surface area contributed by atoms with Gasteiger partial charge in [0, 0.05) is 36.5 Å². The molecule has 1 saturated heterocycles. The van der Waals surface area contributed by atoms with Gasteiger partial charge in [-0.05, 0) is 38.8 Å². The predicted molar refractivity (Wildman–Crippen MR) is 107 cm³/mol. The number of amides is 2. The van der Waals surface area contributed by atoms with Crippen molar-refractivity contribution >= 4 is 23.5 Å². The fourth-order valence-corrected chi connectivity index (χ4v) is 3.94. The van der Waals surface area contributed by atoms with Gasteiger partial charge in [0.25, 0.3) is 0 Å². The Balaban J connectivity index is 1.72. The molecular formula is C19H27N7O2. The summed E-state index contributed by atoms with van der Waals surface area (Å²) in [4.78, 5) is 27.6. The third-order valence-corrected chi connectivity index (χ3v) is 5.41. The first-order chi connectivity index (χ1) is 13.5. The van der Waals surface area contributed by atoms with E-state index in [0.717, 1.165) is 42.1 Å². The summed E-state index contributed by atoms with van der Waals surface area (Å²) < 4.78 is 2.02. The first kappa shape index (κ1) is 18.5. The SMILES string of the molecule is CC(C)NC(=O)C(=O)Nc1nn([C@H]2CNCC[C@H]2C)c2c1CNc1[nH]ccc1-2. The van der Waals surface area contributed by atoms with Crippen LogP contribution in [0.2, 0.25) is 0 Å². The molecule has 2 aliphatic rings. The van der Waals surface area contributed by atoms with Crippen LogP contribution in [-0.4, -0.2) is 45.7 Å². The molecular weight excluding hydrogens is 358 g/mol. The molecule has 0 aromatic carbocycles. The molecule has 0 aliphatic carbocycles. The number of hydrogen-bond acceptors (Lipinski definition) is 5. The van der Waals surface area contributed by atoms with Gasteiger partial charge in [-0.15, -0.1) is 0 Å². The van der Waals surface area contributed by atoms with Crippen molar-refractivity contribution in [2.24, 2.45) is 5.92 Å². The molecule has 2 atom stereocenters. The summed E-state index contributed by atoms with van der Waals surface area (Å²) in [5, 5.41) is 16.9. The molecule has 2 aromatic rings. The van der Waals surface area contributed by atoms with Crippen LogP contribution >= 0.6 is 0 Å². The Morgan fingerprint density at radius 2 is 2.14 bits per heavy atom. The van der Waals surface area contributed by atoms with E-state index >= 15 is 0 Å². The molecule has 0 bridgehead atoms. The van der Waals surface area contributed by atoms with Gasteiger partial charge in [-0.3, -0.25) is 14.3 Å². The zero-order chi connectivity index (χ0) is 19.8. The molecule has 0 unspecified atom stereocenters. The molecule has 0 saturated carbocycles. The number of nitrogens with one attached hydrogen (secondary N) is 5. The van der Waals surface area contributed by atoms with E-state index in [1.54, 1.807) is 0 Å². The summed E-state index contributed by atoms with van der Waals surface area (Å²) >= 11 is 0. The number of H-pyrrole nitrogens is 1. The minimum absolute atomic E-state index is 0.108. The number of aromatic amines is 1. The quantitative estimate of drug-likeness (QED) is 0.513. The second-order valence-electron chi connectivity index (χ2n) is 7.86. The standard InChI is InChI=1S/C19H27N7O2/c1-10(2)23-18(27)19(28)24-17-13-8-22-16-12(5-7-21-16)15(13)26(25-17)14-9-20-6-4-11(14)3/h5,7,10-11,14,20-22H,4,6,8-9H2,1-3H3,(H,23,27)(H,24,25,28)/t11-,14+/m1/s1. The average Bonchev–Trinajstić information content (AvgIpc) is 3.26. The number of piperidine rings is 1. The van der Waals surface area contributed by atoms with Crippen molar-refractivity contribution < 1.29 is 9.59 Å². The average molecular weight is 385 g/mol. The van der Waals surface area contributed by atoms with E-state index < -0.39 is 11.8 Å². The number of nitrogens with zero attached hydrogens (tertiary/aromatic N) is 2. The van der Waals surface area contributed by atoms with Crippen molar-refractivity contribution in [2.45, 2.75) is 45.8 Å². The van der Waals surface area contributed by atoms with Gasteiger partial charge in [0.1, 0.15) is 5.82 Å². The van der Waals surface area contributed by atoms with Gasteiger partial charge in [0.15, 0.2) is 5.82 Å². The molecule has 28 heavy (non-hydrogen) atoms. The Morgan fingerprint density at radius 1 is 1.32 bits per heavy atom. The predicted octanol–water partition coefficient (Wildman–Crippen LogP) is 1.44. The molecule has 4 rings (SSSR count). The number of carbonyl (C=O) groups excluding carboxylic acids is 2. The highest BCUT2D eigenvalue weighted by molar-refractivity contribution is 6.39. The molecule has 0 radical (unpaired) electrons. The van der Waals surface area contributed by atoms with Crippen molar-refractivity contribution in [3.8, 4) is 11.3 Å². The number of anilines is 2. The second kappa shape index (κ2) is 7.31. The first-order valence-corrected chi connectivity index (χ1v) is 9.81. The number of rotatable bonds is 3. The summed E-state index contributed by atoms with van der Waals surface area (Å²) in [6.45, 7) is 8.21. The van der Waals surface area contributed by atoms with Gasteiger partial charge in [0.05, 0.1) is 11.7 Å². The highest BCUT2D eigenvalue weighted by Gasteiger charge is 2.33. The van der Waals surface area contributed by atoms with Crippen molar-refractivity contribution in [1.29, 1.82) is 0 Å². The van der Waals surface area contributed by atoms with E-state index in [4.69, 9.17) is 5.10 Å². The number of aromatic nitrogens is 3. The van der Waals surface area contributed by atoms with Crippen LogP contribution in [0.4, 0.5) is 11.6 Å². The zero-order valence-electron chi connectivity index (χ0n) is 16.4. The topological polar surface area (TPSA) is 116 Å². The largest absolute Gasteiger partial charge is 0.367 e. The minimum Gasteiger partial charge on any atom is -0.367 e. The first-order valence-electron chi connectivity index (χ1n) is 9.81. The van der Waals surface area contributed by atoms with Gasteiger partial charge < -0.3 is 26.3 Å². The van der Waals surface area contributed by atoms with Crippen LogP contribution in [0.3, 0.4) is 0 Å². The summed E-state index contributed by atoms with van der Waals surface area (Å²) in [5.74, 6) is 0.486. The van der Waals surface area contributed by atoms with E-state index in [-0.39, 0.29) is 12.1 Å². The van der Waals surface area contributed by atoms with Gasteiger partial charge in [-0.25, -0.2) is 0 Å². The Hall–Kier alpha value is -2.81. The monoisotopic (exact) mass is 385 g/mol. The van der Waals surface area contributed by atoms with Gasteiger partial charge in [0.2, 0.25) is 0 Å². The molecule has 150 valence electrons. The fourth-order valence-electron chi connectivity index (χ4n) is 3.94. The molecule has 4 heterocycles. The molecule has 2 aromatic heterocycles. The Kier molecular flexibility index (Phi) is 4.84. The lowest BCUT2D eigenvalue weighted by Crippen LogP contribution is -2.39. The van der Waals surface area contributed by atoms with Crippen LogP contribution in [-0.2, 0) is 16.1 Å². The van der Waals surface area contributed by atoms with Crippen molar-refractivity contribution in [2.75, 3.05) is 23.7 Å². The molecule has 1 fully saturated rings. The highest BCUT2D eigenvalue weighted by Crippen LogP contribution is 2.41. The van der Waals surface area contributed by atoms with Crippen LogP contribution in [0, 0.1) is 5.92 Å².